The van der Waals surface area contributed by atoms with E-state index in [0.29, 0.717) is 6.04 Å². The van der Waals surface area contributed by atoms with Gasteiger partial charge in [0.05, 0.1) is 0 Å². The van der Waals surface area contributed by atoms with Gasteiger partial charge in [0.2, 0.25) is 0 Å². The number of hydrogen-bond donors (Lipinski definition) is 1. The molecule has 0 aromatic carbocycles. The molecule has 0 aliphatic heterocycles. The van der Waals surface area contributed by atoms with Crippen molar-refractivity contribution in [2.75, 3.05) is 6.54 Å². The Morgan fingerprint density at radius 3 is 2.65 bits per heavy atom. The van der Waals surface area contributed by atoms with Crippen molar-refractivity contribution in [1.29, 1.82) is 0 Å². The van der Waals surface area contributed by atoms with Crippen LogP contribution in [0.5, 0.6) is 0 Å². The van der Waals surface area contributed by atoms with Crippen LogP contribution < -0.4 is 5.32 Å². The highest BCUT2D eigenvalue weighted by Crippen LogP contribution is 2.28. The fourth-order valence-corrected chi connectivity index (χ4v) is 2.85. The summed E-state index contributed by atoms with van der Waals surface area (Å²) in [6, 6.07) is 0.707. The molecule has 1 fully saturated rings. The summed E-state index contributed by atoms with van der Waals surface area (Å²) in [6.07, 6.45) is 12.2. The molecule has 0 spiro atoms. The molecule has 1 saturated carbocycles. The molecule has 1 aliphatic carbocycles. The van der Waals surface area contributed by atoms with Crippen LogP contribution >= 0.6 is 0 Å². The molecular weight excluding hydrogens is 206 g/mol. The minimum absolute atomic E-state index is 0.707. The molecule has 0 aromatic heterocycles. The lowest BCUT2D eigenvalue weighted by Crippen LogP contribution is -2.32. The molecule has 0 heterocycles. The summed E-state index contributed by atoms with van der Waals surface area (Å²) >= 11 is 0. The van der Waals surface area contributed by atoms with Crippen molar-refractivity contribution < 1.29 is 0 Å². The fraction of sp³-hybridized carbons (Fsp3) is 0.875. The van der Waals surface area contributed by atoms with E-state index in [2.05, 4.69) is 24.1 Å². The molecule has 1 aliphatic rings. The second-order valence-corrected chi connectivity index (χ2v) is 5.36. The SMILES string of the molecule is CC#CCCC(CC1CCCCC1)NCCC. The number of nitrogens with one attached hydrogen (secondary N) is 1. The highest BCUT2D eigenvalue weighted by atomic mass is 14.9. The lowest BCUT2D eigenvalue weighted by Gasteiger charge is -2.27. The van der Waals surface area contributed by atoms with Crippen molar-refractivity contribution in [3.63, 3.8) is 0 Å². The van der Waals surface area contributed by atoms with Gasteiger partial charge < -0.3 is 5.32 Å². The van der Waals surface area contributed by atoms with Crippen LogP contribution in [-0.4, -0.2) is 12.6 Å². The zero-order chi connectivity index (χ0) is 12.3. The summed E-state index contributed by atoms with van der Waals surface area (Å²) in [4.78, 5) is 0. The smallest absolute Gasteiger partial charge is 0.0103 e. The van der Waals surface area contributed by atoms with Gasteiger partial charge in [0.25, 0.3) is 0 Å². The Hall–Kier alpha value is -0.480. The summed E-state index contributed by atoms with van der Waals surface area (Å²) in [7, 11) is 0. The van der Waals surface area contributed by atoms with Gasteiger partial charge in [-0.25, -0.2) is 0 Å². The van der Waals surface area contributed by atoms with Crippen LogP contribution in [0.4, 0.5) is 0 Å². The topological polar surface area (TPSA) is 12.0 Å². The average Bonchev–Trinajstić information content (AvgIpc) is 2.37. The second kappa shape index (κ2) is 9.54. The largest absolute Gasteiger partial charge is 0.314 e. The van der Waals surface area contributed by atoms with Gasteiger partial charge >= 0.3 is 0 Å². The van der Waals surface area contributed by atoms with Gasteiger partial charge in [-0.2, -0.15) is 0 Å². The Morgan fingerprint density at radius 1 is 1.24 bits per heavy atom. The zero-order valence-electron chi connectivity index (χ0n) is 11.7. The van der Waals surface area contributed by atoms with E-state index >= 15 is 0 Å². The third-order valence-electron chi connectivity index (χ3n) is 3.82. The monoisotopic (exact) mass is 235 g/mol. The first kappa shape index (κ1) is 14.6. The van der Waals surface area contributed by atoms with E-state index in [1.807, 2.05) is 6.92 Å². The Morgan fingerprint density at radius 2 is 2.00 bits per heavy atom. The quantitative estimate of drug-likeness (QED) is 0.654. The molecule has 0 amide bonds. The summed E-state index contributed by atoms with van der Waals surface area (Å²) in [5, 5.41) is 3.71. The average molecular weight is 235 g/mol. The van der Waals surface area contributed by atoms with Crippen molar-refractivity contribution >= 4 is 0 Å². The number of hydrogen-bond acceptors (Lipinski definition) is 1. The van der Waals surface area contributed by atoms with E-state index in [1.54, 1.807) is 0 Å². The first-order valence-corrected chi connectivity index (χ1v) is 7.49. The highest BCUT2D eigenvalue weighted by molar-refractivity contribution is 4.95. The molecular formula is C16H29N. The third kappa shape index (κ3) is 6.74. The summed E-state index contributed by atoms with van der Waals surface area (Å²) in [5.74, 6) is 7.19. The van der Waals surface area contributed by atoms with Gasteiger partial charge in [-0.1, -0.05) is 39.0 Å². The molecule has 1 unspecified atom stereocenters. The molecule has 0 radical (unpaired) electrons. The van der Waals surface area contributed by atoms with Crippen LogP contribution in [0.1, 0.15) is 71.6 Å². The second-order valence-electron chi connectivity index (χ2n) is 5.36. The molecule has 0 saturated heterocycles. The van der Waals surface area contributed by atoms with Crippen LogP contribution in [0, 0.1) is 17.8 Å². The third-order valence-corrected chi connectivity index (χ3v) is 3.82. The van der Waals surface area contributed by atoms with Gasteiger partial charge in [0.1, 0.15) is 0 Å². The van der Waals surface area contributed by atoms with Crippen molar-refractivity contribution in [2.24, 2.45) is 5.92 Å². The first-order chi connectivity index (χ1) is 8.36. The Kier molecular flexibility index (Phi) is 8.18. The molecule has 1 atom stereocenters. The molecule has 17 heavy (non-hydrogen) atoms. The van der Waals surface area contributed by atoms with E-state index in [4.69, 9.17) is 0 Å². The molecule has 0 bridgehead atoms. The van der Waals surface area contributed by atoms with Crippen LogP contribution in [0.3, 0.4) is 0 Å². The summed E-state index contributed by atoms with van der Waals surface area (Å²) in [6.45, 7) is 5.35. The van der Waals surface area contributed by atoms with E-state index in [-0.39, 0.29) is 0 Å². The van der Waals surface area contributed by atoms with E-state index < -0.39 is 0 Å². The minimum Gasteiger partial charge on any atom is -0.314 e. The standard InChI is InChI=1S/C16H29N/c1-3-5-7-12-16(17-13-4-2)14-15-10-8-6-9-11-15/h15-17H,4,6-14H2,1-2H3. The van der Waals surface area contributed by atoms with Gasteiger partial charge in [0.15, 0.2) is 0 Å². The fourth-order valence-electron chi connectivity index (χ4n) is 2.85. The van der Waals surface area contributed by atoms with E-state index in [1.165, 1.54) is 51.4 Å². The first-order valence-electron chi connectivity index (χ1n) is 7.49. The predicted molar refractivity (Wildman–Crippen MR) is 76.0 cm³/mol. The van der Waals surface area contributed by atoms with Gasteiger partial charge in [0, 0.05) is 12.5 Å². The van der Waals surface area contributed by atoms with Crippen LogP contribution in [-0.2, 0) is 0 Å². The van der Waals surface area contributed by atoms with Crippen molar-refractivity contribution in [3.05, 3.63) is 0 Å². The van der Waals surface area contributed by atoms with Crippen LogP contribution in [0.2, 0.25) is 0 Å². The lowest BCUT2D eigenvalue weighted by atomic mass is 9.84. The molecule has 1 N–H and O–H groups in total. The maximum atomic E-state index is 3.71. The predicted octanol–water partition coefficient (Wildman–Crippen LogP) is 4.13. The van der Waals surface area contributed by atoms with Crippen LogP contribution in [0.15, 0.2) is 0 Å². The molecule has 1 nitrogen and oxygen atoms in total. The highest BCUT2D eigenvalue weighted by Gasteiger charge is 2.18. The maximum absolute atomic E-state index is 3.71. The minimum atomic E-state index is 0.707. The van der Waals surface area contributed by atoms with Crippen molar-refractivity contribution in [2.45, 2.75) is 77.7 Å². The normalized spacial score (nSPS) is 18.5. The summed E-state index contributed by atoms with van der Waals surface area (Å²) < 4.78 is 0. The van der Waals surface area contributed by atoms with Crippen LogP contribution in [0.25, 0.3) is 0 Å². The van der Waals surface area contributed by atoms with E-state index in [0.717, 1.165) is 18.9 Å². The van der Waals surface area contributed by atoms with Gasteiger partial charge in [-0.05, 0) is 38.6 Å². The molecule has 98 valence electrons. The zero-order valence-corrected chi connectivity index (χ0v) is 11.7. The van der Waals surface area contributed by atoms with Gasteiger partial charge in [-0.3, -0.25) is 0 Å². The lowest BCUT2D eigenvalue weighted by molar-refractivity contribution is 0.292. The number of rotatable bonds is 7. The molecule has 1 rings (SSSR count). The van der Waals surface area contributed by atoms with E-state index in [9.17, 15) is 0 Å². The Balaban J connectivity index is 2.28. The van der Waals surface area contributed by atoms with Crippen molar-refractivity contribution in [3.8, 4) is 11.8 Å². The van der Waals surface area contributed by atoms with Crippen molar-refractivity contribution in [1.82, 2.24) is 5.32 Å². The molecule has 0 aromatic rings. The summed E-state index contributed by atoms with van der Waals surface area (Å²) in [5.41, 5.74) is 0. The molecule has 1 heteroatoms. The Labute approximate surface area is 108 Å². The van der Waals surface area contributed by atoms with Gasteiger partial charge in [-0.15, -0.1) is 11.8 Å². The Bertz CT molecular complexity index is 230. The maximum Gasteiger partial charge on any atom is 0.0103 e.